The molecule has 0 aromatic heterocycles. The molecule has 1 heterocycles. The molecule has 0 unspecified atom stereocenters. The molecule has 0 saturated heterocycles. The fourth-order valence-electron chi connectivity index (χ4n) is 0.706. The van der Waals surface area contributed by atoms with Crippen molar-refractivity contribution in [3.63, 3.8) is 0 Å². The molecular formula is C6H3BrO2. The van der Waals surface area contributed by atoms with Gasteiger partial charge in [-0.05, 0) is 28.1 Å². The van der Waals surface area contributed by atoms with Gasteiger partial charge in [-0.3, -0.25) is 0 Å². The smallest absolute Gasteiger partial charge is 0.212 e. The molecule has 1 aliphatic rings. The van der Waals surface area contributed by atoms with E-state index in [1.54, 1.807) is 12.1 Å². The van der Waals surface area contributed by atoms with Gasteiger partial charge in [0.25, 0.3) is 0 Å². The molecule has 0 amide bonds. The molecule has 0 radical (unpaired) electrons. The van der Waals surface area contributed by atoms with Crippen molar-refractivity contribution in [1.29, 1.82) is 0 Å². The molecule has 46 valence electrons. The number of halogens is 1. The minimum absolute atomic E-state index is 0.216. The maximum atomic E-state index is 8.95. The number of rotatable bonds is 0. The lowest BCUT2D eigenvalue weighted by molar-refractivity contribution is 0.463. The van der Waals surface area contributed by atoms with Gasteiger partial charge in [0, 0.05) is 0 Å². The van der Waals surface area contributed by atoms with Crippen molar-refractivity contribution in [2.24, 2.45) is 0 Å². The third kappa shape index (κ3) is 0.612. The van der Waals surface area contributed by atoms with E-state index in [2.05, 4.69) is 15.9 Å². The van der Waals surface area contributed by atoms with Crippen LogP contribution in [0.4, 0.5) is 0 Å². The maximum absolute atomic E-state index is 8.95. The van der Waals surface area contributed by atoms with Crippen LogP contribution >= 0.6 is 15.9 Å². The van der Waals surface area contributed by atoms with E-state index in [4.69, 9.17) is 9.84 Å². The summed E-state index contributed by atoms with van der Waals surface area (Å²) in [5.74, 6) is 1.58. The van der Waals surface area contributed by atoms with Gasteiger partial charge in [0.15, 0.2) is 11.5 Å². The summed E-state index contributed by atoms with van der Waals surface area (Å²) in [5, 5.41) is 8.95. The van der Waals surface area contributed by atoms with Crippen LogP contribution in [-0.2, 0) is 0 Å². The molecule has 1 N–H and O–H groups in total. The average molecular weight is 187 g/mol. The van der Waals surface area contributed by atoms with Crippen molar-refractivity contribution in [3.8, 4) is 17.2 Å². The van der Waals surface area contributed by atoms with E-state index in [0.29, 0.717) is 5.75 Å². The van der Waals surface area contributed by atoms with Crippen LogP contribution in [0, 0.1) is 0 Å². The van der Waals surface area contributed by atoms with Gasteiger partial charge in [-0.2, -0.15) is 0 Å². The van der Waals surface area contributed by atoms with E-state index in [1.165, 1.54) is 0 Å². The molecule has 1 aliphatic heterocycles. The van der Waals surface area contributed by atoms with Crippen LogP contribution in [0.1, 0.15) is 0 Å². The zero-order chi connectivity index (χ0) is 6.43. The van der Waals surface area contributed by atoms with Crippen LogP contribution < -0.4 is 4.74 Å². The van der Waals surface area contributed by atoms with Gasteiger partial charge >= 0.3 is 0 Å². The number of benzene rings is 1. The zero-order valence-electron chi connectivity index (χ0n) is 4.39. The second kappa shape index (κ2) is 1.42. The molecule has 0 aliphatic carbocycles. The molecule has 0 atom stereocenters. The monoisotopic (exact) mass is 186 g/mol. The summed E-state index contributed by atoms with van der Waals surface area (Å²) in [6.45, 7) is 0. The summed E-state index contributed by atoms with van der Waals surface area (Å²) in [4.78, 5) is 0. The van der Waals surface area contributed by atoms with Gasteiger partial charge in [0.1, 0.15) is 0 Å². The van der Waals surface area contributed by atoms with Crippen molar-refractivity contribution in [3.05, 3.63) is 16.6 Å². The summed E-state index contributed by atoms with van der Waals surface area (Å²) in [5.41, 5.74) is 0. The van der Waals surface area contributed by atoms with Gasteiger partial charge in [-0.1, -0.05) is 0 Å². The fourth-order valence-corrected chi connectivity index (χ4v) is 1.10. The van der Waals surface area contributed by atoms with Crippen LogP contribution in [0.3, 0.4) is 0 Å². The maximum Gasteiger partial charge on any atom is 0.212 e. The number of hydrogen-bond donors (Lipinski definition) is 1. The first-order chi connectivity index (χ1) is 4.29. The predicted octanol–water partition coefficient (Wildman–Crippen LogP) is 2.26. The lowest BCUT2D eigenvalue weighted by atomic mass is 10.3. The topological polar surface area (TPSA) is 32.8 Å². The minimum Gasteiger partial charge on any atom is -0.504 e. The van der Waals surface area contributed by atoms with Crippen LogP contribution in [0.15, 0.2) is 16.6 Å². The minimum atomic E-state index is 0.216. The Morgan fingerprint density at radius 2 is 2.11 bits per heavy atom. The number of aromatic hydroxyl groups is 1. The zero-order valence-corrected chi connectivity index (χ0v) is 5.97. The van der Waals surface area contributed by atoms with Gasteiger partial charge in [-0.25, -0.2) is 0 Å². The van der Waals surface area contributed by atoms with Gasteiger partial charge < -0.3 is 9.84 Å². The first-order valence-electron chi connectivity index (χ1n) is 2.48. The van der Waals surface area contributed by atoms with Crippen LogP contribution in [-0.4, -0.2) is 5.11 Å². The number of ether oxygens (including phenoxy) is 1. The molecule has 0 spiro atoms. The Balaban J connectivity index is 2.68. The normalized spacial score (nSPS) is 12.1. The molecule has 1 aromatic rings. The van der Waals surface area contributed by atoms with Crippen molar-refractivity contribution >= 4 is 15.9 Å². The van der Waals surface area contributed by atoms with Crippen molar-refractivity contribution in [2.45, 2.75) is 0 Å². The summed E-state index contributed by atoms with van der Waals surface area (Å²) in [6, 6.07) is 3.34. The van der Waals surface area contributed by atoms with E-state index in [-0.39, 0.29) is 5.75 Å². The second-order valence-corrected chi connectivity index (χ2v) is 2.68. The van der Waals surface area contributed by atoms with Crippen LogP contribution in [0.25, 0.3) is 0 Å². The highest BCUT2D eigenvalue weighted by Gasteiger charge is 2.27. The SMILES string of the molecule is Oc1ccc(Br)c2c1O2. The van der Waals surface area contributed by atoms with E-state index < -0.39 is 0 Å². The molecule has 0 bridgehead atoms. The molecular weight excluding hydrogens is 184 g/mol. The highest BCUT2D eigenvalue weighted by Crippen LogP contribution is 2.56. The molecule has 2 nitrogen and oxygen atoms in total. The summed E-state index contributed by atoms with van der Waals surface area (Å²) >= 11 is 3.25. The Hall–Kier alpha value is -0.700. The van der Waals surface area contributed by atoms with Crippen molar-refractivity contribution in [2.75, 3.05) is 0 Å². The molecule has 0 fully saturated rings. The van der Waals surface area contributed by atoms with Crippen LogP contribution in [0.2, 0.25) is 0 Å². The lowest BCUT2D eigenvalue weighted by Gasteiger charge is -1.81. The second-order valence-electron chi connectivity index (χ2n) is 1.83. The fraction of sp³-hybridized carbons (Fsp3) is 0. The summed E-state index contributed by atoms with van der Waals surface area (Å²) in [6.07, 6.45) is 0. The summed E-state index contributed by atoms with van der Waals surface area (Å²) < 4.78 is 5.80. The first kappa shape index (κ1) is 5.11. The van der Waals surface area contributed by atoms with Crippen molar-refractivity contribution < 1.29 is 9.84 Å². The standard InChI is InChI=1S/C6H3BrO2/c7-3-1-2-4(8)6-5(3)9-6/h1-2,8H. The molecule has 1 aromatic carbocycles. The third-order valence-corrected chi connectivity index (χ3v) is 1.83. The van der Waals surface area contributed by atoms with Crippen molar-refractivity contribution in [1.82, 2.24) is 0 Å². The van der Waals surface area contributed by atoms with E-state index in [9.17, 15) is 0 Å². The highest BCUT2D eigenvalue weighted by molar-refractivity contribution is 9.10. The highest BCUT2D eigenvalue weighted by atomic mass is 79.9. The molecule has 0 saturated carbocycles. The quantitative estimate of drug-likeness (QED) is 0.641. The van der Waals surface area contributed by atoms with E-state index >= 15 is 0 Å². The Morgan fingerprint density at radius 3 is 2.78 bits per heavy atom. The average Bonchev–Trinajstić information content (AvgIpc) is 2.57. The predicted molar refractivity (Wildman–Crippen MR) is 35.9 cm³/mol. The number of hydrogen-bond acceptors (Lipinski definition) is 2. The van der Waals surface area contributed by atoms with Crippen LogP contribution in [0.5, 0.6) is 17.2 Å². The van der Waals surface area contributed by atoms with Gasteiger partial charge in [0.2, 0.25) is 5.75 Å². The van der Waals surface area contributed by atoms with E-state index in [1.807, 2.05) is 0 Å². The Kier molecular flexibility index (Phi) is 0.805. The molecule has 9 heavy (non-hydrogen) atoms. The summed E-state index contributed by atoms with van der Waals surface area (Å²) in [7, 11) is 0. The Morgan fingerprint density at radius 1 is 1.33 bits per heavy atom. The molecule has 3 heteroatoms. The number of phenolic OH excluding ortho intramolecular Hbond substituents is 1. The number of phenols is 1. The Labute approximate surface area is 60.2 Å². The first-order valence-corrected chi connectivity index (χ1v) is 3.27. The lowest BCUT2D eigenvalue weighted by Crippen LogP contribution is -1.53. The van der Waals surface area contributed by atoms with Gasteiger partial charge in [0.05, 0.1) is 4.47 Å². The third-order valence-electron chi connectivity index (χ3n) is 1.21. The molecule has 2 rings (SSSR count). The number of fused-ring (bicyclic) bond motifs is 1. The van der Waals surface area contributed by atoms with Gasteiger partial charge in [-0.15, -0.1) is 0 Å². The van der Waals surface area contributed by atoms with E-state index in [0.717, 1.165) is 10.2 Å². The largest absolute Gasteiger partial charge is 0.504 e. The Bertz CT molecular complexity index is 243.